The normalized spacial score (nSPS) is 12.9. The average molecular weight is 714 g/mol. The lowest BCUT2D eigenvalue weighted by molar-refractivity contribution is 0.0589. The number of benzene rings is 2. The zero-order valence-corrected chi connectivity index (χ0v) is 30.2. The van der Waals surface area contributed by atoms with Gasteiger partial charge in [-0.3, -0.25) is 19.2 Å². The van der Waals surface area contributed by atoms with Crippen LogP contribution in [0.4, 0.5) is 0 Å². The fourth-order valence-electron chi connectivity index (χ4n) is 7.25. The number of aromatic hydroxyl groups is 1. The van der Waals surface area contributed by atoms with Gasteiger partial charge in [0.05, 0.1) is 29.0 Å². The number of aromatic nitrogens is 6. The number of aliphatic hydroxyl groups excluding tert-OH is 1. The highest BCUT2D eigenvalue weighted by Gasteiger charge is 2.30. The highest BCUT2D eigenvalue weighted by Crippen LogP contribution is 2.43. The number of halogens is 1. The van der Waals surface area contributed by atoms with Gasteiger partial charge in [-0.05, 0) is 68.6 Å². The van der Waals surface area contributed by atoms with Crippen molar-refractivity contribution in [3.05, 3.63) is 87.7 Å². The van der Waals surface area contributed by atoms with Crippen molar-refractivity contribution in [3.63, 3.8) is 0 Å². The van der Waals surface area contributed by atoms with Crippen LogP contribution in [0.5, 0.6) is 5.75 Å². The van der Waals surface area contributed by atoms with E-state index in [0.29, 0.717) is 47.9 Å². The van der Waals surface area contributed by atoms with Crippen molar-refractivity contribution in [2.45, 2.75) is 56.0 Å². The predicted molar refractivity (Wildman–Crippen MR) is 196 cm³/mol. The second-order valence-corrected chi connectivity index (χ2v) is 14.3. The number of methoxy groups -OCH3 is 1. The lowest BCUT2D eigenvalue weighted by atomic mass is 9.97. The molecule has 0 unspecified atom stereocenters. The van der Waals surface area contributed by atoms with Gasteiger partial charge < -0.3 is 19.5 Å². The molecule has 50 heavy (non-hydrogen) atoms. The van der Waals surface area contributed by atoms with Crippen molar-refractivity contribution in [1.29, 1.82) is 0 Å². The maximum atomic E-state index is 13.1. The molecule has 0 fully saturated rings. The van der Waals surface area contributed by atoms with Gasteiger partial charge in [0.25, 0.3) is 0 Å². The number of fused-ring (bicyclic) bond motifs is 3. The lowest BCUT2D eigenvalue weighted by Crippen LogP contribution is -2.19. The number of phenolic OH excluding ortho intramolecular Hbond substituents is 1. The van der Waals surface area contributed by atoms with Gasteiger partial charge in [0.1, 0.15) is 17.0 Å². The van der Waals surface area contributed by atoms with E-state index in [-0.39, 0.29) is 12.4 Å². The fourth-order valence-corrected chi connectivity index (χ4v) is 8.49. The molecule has 6 aromatic rings. The molecule has 0 bridgehead atoms. The Morgan fingerprint density at radius 3 is 2.76 bits per heavy atom. The first-order valence-corrected chi connectivity index (χ1v) is 18.0. The molecule has 1 aliphatic heterocycles. The second kappa shape index (κ2) is 14.1. The number of carbonyl (C=O) groups is 1. The smallest absolute Gasteiger partial charge is 0.354 e. The topological polar surface area (TPSA) is 123 Å². The number of pyridine rings is 1. The van der Waals surface area contributed by atoms with Gasteiger partial charge in [-0.1, -0.05) is 23.7 Å². The summed E-state index contributed by atoms with van der Waals surface area (Å²) in [4.78, 5) is 20.5. The molecule has 4 aromatic heterocycles. The molecule has 0 atom stereocenters. The number of ether oxygens (including phenoxy) is 1. The molecule has 0 radical (unpaired) electrons. The van der Waals surface area contributed by atoms with Crippen LogP contribution in [-0.4, -0.2) is 71.0 Å². The monoisotopic (exact) mass is 713 g/mol. The third-order valence-corrected chi connectivity index (χ3v) is 10.8. The number of thioether (sulfide) groups is 1. The van der Waals surface area contributed by atoms with Crippen LogP contribution >= 0.6 is 23.4 Å². The van der Waals surface area contributed by atoms with Crippen molar-refractivity contribution < 1.29 is 19.7 Å². The van der Waals surface area contributed by atoms with E-state index >= 15 is 0 Å². The van der Waals surface area contributed by atoms with Crippen LogP contribution < -0.4 is 0 Å². The Morgan fingerprint density at radius 1 is 1.12 bits per heavy atom. The first-order chi connectivity index (χ1) is 24.2. The van der Waals surface area contributed by atoms with Crippen LogP contribution in [0.1, 0.15) is 51.7 Å². The van der Waals surface area contributed by atoms with E-state index in [9.17, 15) is 15.0 Å². The van der Waals surface area contributed by atoms with Crippen LogP contribution in [-0.2, 0) is 57.1 Å². The van der Waals surface area contributed by atoms with Crippen LogP contribution in [0.2, 0.25) is 5.02 Å². The third kappa shape index (κ3) is 6.25. The van der Waals surface area contributed by atoms with E-state index in [1.165, 1.54) is 7.11 Å². The summed E-state index contributed by atoms with van der Waals surface area (Å²) in [6.07, 6.45) is 4.64. The van der Waals surface area contributed by atoms with Crippen molar-refractivity contribution >= 4 is 51.1 Å². The molecule has 0 aliphatic carbocycles. The number of aryl methyl sites for hydroxylation is 4. The molecule has 11 nitrogen and oxygen atoms in total. The van der Waals surface area contributed by atoms with Crippen molar-refractivity contribution in [3.8, 4) is 16.9 Å². The van der Waals surface area contributed by atoms with Gasteiger partial charge in [-0.2, -0.15) is 10.2 Å². The number of nitrogens with zero attached hydrogens (tertiary/aromatic N) is 7. The van der Waals surface area contributed by atoms with Crippen molar-refractivity contribution in [2.24, 2.45) is 14.1 Å². The van der Waals surface area contributed by atoms with E-state index in [0.717, 1.165) is 80.0 Å². The first kappa shape index (κ1) is 34.1. The molecule has 0 spiro atoms. The molecule has 2 aromatic carbocycles. The SMILES string of the molecule is COC(=O)c1c(CCCO)c2ccc(Cl)c(-c3c(CN(C)Cc4cc(CSc5cc(O)c6ncccc6c5)n(C)n4)nn4c3CCC4)c2n1C. The Morgan fingerprint density at radius 2 is 1.96 bits per heavy atom. The molecule has 0 saturated heterocycles. The molecular weight excluding hydrogens is 674 g/mol. The minimum atomic E-state index is -0.417. The fraction of sp³-hybridized carbons (Fsp3) is 0.351. The van der Waals surface area contributed by atoms with Crippen molar-refractivity contribution in [1.82, 2.24) is 34.0 Å². The Balaban J connectivity index is 1.17. The quantitative estimate of drug-likeness (QED) is 0.112. The molecular formula is C37H40ClN7O4S. The largest absolute Gasteiger partial charge is 0.506 e. The summed E-state index contributed by atoms with van der Waals surface area (Å²) in [5.41, 5.74) is 8.76. The van der Waals surface area contributed by atoms with Gasteiger partial charge in [0, 0.05) is 90.5 Å². The maximum Gasteiger partial charge on any atom is 0.354 e. The Kier molecular flexibility index (Phi) is 9.62. The van der Waals surface area contributed by atoms with Gasteiger partial charge >= 0.3 is 5.97 Å². The molecule has 0 amide bonds. The van der Waals surface area contributed by atoms with Gasteiger partial charge in [0.2, 0.25) is 0 Å². The molecule has 1 aliphatic rings. The molecule has 13 heteroatoms. The number of phenols is 1. The number of carbonyl (C=O) groups excluding carboxylic acids is 1. The zero-order chi connectivity index (χ0) is 35.1. The lowest BCUT2D eigenvalue weighted by Gasteiger charge is -2.17. The van der Waals surface area contributed by atoms with Crippen LogP contribution in [0.15, 0.2) is 53.6 Å². The number of hydrogen-bond acceptors (Lipinski definition) is 9. The number of esters is 1. The van der Waals surface area contributed by atoms with Crippen LogP contribution in [0, 0.1) is 0 Å². The molecule has 7 rings (SSSR count). The highest BCUT2D eigenvalue weighted by atomic mass is 35.5. The summed E-state index contributed by atoms with van der Waals surface area (Å²) in [5.74, 6) is 0.460. The second-order valence-electron chi connectivity index (χ2n) is 12.8. The standard InChI is InChI=1S/C37H40ClN7O4S/c1-42(19-23-17-24(44(3)40-23)21-50-25-16-22-8-5-13-39-34(22)31(47)18-25)20-29-33(30-10-6-14-45(30)41-29)32-28(38)12-11-27-26(9-7-15-46)36(37(48)49-4)43(2)35(27)32/h5,8,11-13,16-18,46-47H,6-7,9-10,14-15,19-21H2,1-4H3. The van der Waals surface area contributed by atoms with Crippen molar-refractivity contribution in [2.75, 3.05) is 20.8 Å². The van der Waals surface area contributed by atoms with Gasteiger partial charge in [-0.25, -0.2) is 4.79 Å². The highest BCUT2D eigenvalue weighted by molar-refractivity contribution is 7.98. The predicted octanol–water partition coefficient (Wildman–Crippen LogP) is 6.26. The number of aliphatic hydroxyl groups is 1. The van der Waals surface area contributed by atoms with E-state index in [4.69, 9.17) is 26.5 Å². The number of rotatable bonds is 12. The maximum absolute atomic E-state index is 13.1. The first-order valence-electron chi connectivity index (χ1n) is 16.7. The van der Waals surface area contributed by atoms with E-state index in [1.54, 1.807) is 24.0 Å². The summed E-state index contributed by atoms with van der Waals surface area (Å²) >= 11 is 8.71. The Bertz CT molecular complexity index is 2240. The van der Waals surface area contributed by atoms with E-state index in [2.05, 4.69) is 27.7 Å². The third-order valence-electron chi connectivity index (χ3n) is 9.46. The summed E-state index contributed by atoms with van der Waals surface area (Å²) in [7, 11) is 7.29. The summed E-state index contributed by atoms with van der Waals surface area (Å²) in [5, 5.41) is 32.4. The minimum absolute atomic E-state index is 0.0222. The van der Waals surface area contributed by atoms with Gasteiger partial charge in [-0.15, -0.1) is 11.8 Å². The summed E-state index contributed by atoms with van der Waals surface area (Å²) in [6, 6.07) is 13.6. The average Bonchev–Trinajstić information content (AvgIpc) is 3.85. The number of hydrogen-bond donors (Lipinski definition) is 2. The summed E-state index contributed by atoms with van der Waals surface area (Å²) in [6.45, 7) is 2.05. The molecule has 2 N–H and O–H groups in total. The van der Waals surface area contributed by atoms with Gasteiger partial charge in [0.15, 0.2) is 0 Å². The molecule has 0 saturated carbocycles. The van der Waals surface area contributed by atoms with E-state index in [1.807, 2.05) is 53.7 Å². The Labute approximate surface area is 299 Å². The molecule has 260 valence electrons. The Hall–Kier alpha value is -4.36. The van der Waals surface area contributed by atoms with Crippen LogP contribution in [0.25, 0.3) is 32.9 Å². The zero-order valence-electron chi connectivity index (χ0n) is 28.6. The summed E-state index contributed by atoms with van der Waals surface area (Å²) < 4.78 is 11.1. The molecule has 5 heterocycles. The minimum Gasteiger partial charge on any atom is -0.506 e. The van der Waals surface area contributed by atoms with E-state index < -0.39 is 5.97 Å². The van der Waals surface area contributed by atoms with Crippen LogP contribution in [0.3, 0.4) is 0 Å².